The molecule has 3 aromatic rings. The molecule has 0 aromatic carbocycles. The maximum Gasteiger partial charge on any atom is 0.472 e. The van der Waals surface area contributed by atoms with Crippen molar-refractivity contribution in [2.75, 3.05) is 165 Å². The monoisotopic (exact) mass is 1980 g/mol. The van der Waals surface area contributed by atoms with E-state index in [0.717, 1.165) is 7.11 Å². The second kappa shape index (κ2) is 57.3. The van der Waals surface area contributed by atoms with Crippen LogP contribution in [-0.2, 0) is 147 Å². The summed E-state index contributed by atoms with van der Waals surface area (Å²) in [4.78, 5) is 88.0. The smallest absolute Gasteiger partial charge is 0.396 e. The lowest BCUT2D eigenvalue weighted by Gasteiger charge is -2.42. The van der Waals surface area contributed by atoms with Crippen LogP contribution in [0.5, 0.6) is 0 Å². The fourth-order valence-corrected chi connectivity index (χ4v) is 17.2. The van der Waals surface area contributed by atoms with Crippen LogP contribution in [0.25, 0.3) is 0 Å². The predicted molar refractivity (Wildman–Crippen MR) is 454 cm³/mol. The van der Waals surface area contributed by atoms with Gasteiger partial charge in [0.2, 0.25) is 29.5 Å². The van der Waals surface area contributed by atoms with Gasteiger partial charge in [0.1, 0.15) is 97.4 Å². The third kappa shape index (κ3) is 36.4. The summed E-state index contributed by atoms with van der Waals surface area (Å²) >= 11 is 0. The minimum Gasteiger partial charge on any atom is -0.396 e. The quantitative estimate of drug-likeness (QED) is 0.0184. The number of aliphatic hydroxyl groups is 12. The first kappa shape index (κ1) is 112. The molecule has 19 N–H and O–H groups in total. The van der Waals surface area contributed by atoms with E-state index in [1.165, 1.54) is 37.1 Å². The molecule has 5 amide bonds. The van der Waals surface area contributed by atoms with Gasteiger partial charge in [-0.3, -0.25) is 56.9 Å². The Morgan fingerprint density at radius 2 is 0.948 bits per heavy atom. The van der Waals surface area contributed by atoms with Crippen LogP contribution >= 0.6 is 15.6 Å². The van der Waals surface area contributed by atoms with E-state index in [1.54, 1.807) is 28.3 Å². The highest BCUT2D eigenvalue weighted by Crippen LogP contribution is 2.48. The number of aromatic nitrogens is 9. The topological polar surface area (TPSA) is 737 Å². The number of nitrogens with one attached hydrogen (secondary N) is 5. The maximum absolute atomic E-state index is 15.5. The number of rotatable bonds is 63. The second-order valence-corrected chi connectivity index (χ2v) is 36.1. The van der Waals surface area contributed by atoms with E-state index in [-0.39, 0.29) is 177 Å². The molecule has 58 heteroatoms. The number of hydrogen-bond acceptors (Lipinski definition) is 46. The summed E-state index contributed by atoms with van der Waals surface area (Å²) in [7, 11) is -8.09. The highest BCUT2D eigenvalue weighted by Gasteiger charge is 2.50. The molecule has 1 aliphatic carbocycles. The Morgan fingerprint density at radius 3 is 1.41 bits per heavy atom. The van der Waals surface area contributed by atoms with Crippen molar-refractivity contribution in [3.8, 4) is 0 Å². The average molecular weight is 1980 g/mol. The van der Waals surface area contributed by atoms with Crippen LogP contribution in [0.3, 0.4) is 0 Å². The number of carbonyl (C=O) groups excluding carboxylic acids is 5. The van der Waals surface area contributed by atoms with Gasteiger partial charge in [0.25, 0.3) is 0 Å². The summed E-state index contributed by atoms with van der Waals surface area (Å²) in [5, 5.41) is 176. The summed E-state index contributed by atoms with van der Waals surface area (Å²) in [5.41, 5.74) is 1.27. The van der Waals surface area contributed by atoms with Gasteiger partial charge in [-0.05, 0) is 25.7 Å². The van der Waals surface area contributed by atoms with E-state index in [1.807, 2.05) is 9.80 Å². The molecule has 56 nitrogen and oxygen atoms in total. The molecule has 0 spiro atoms. The van der Waals surface area contributed by atoms with E-state index in [0.29, 0.717) is 49.3 Å². The lowest BCUT2D eigenvalue weighted by atomic mass is 9.79. The summed E-state index contributed by atoms with van der Waals surface area (Å²) in [5.74, 6) is -3.18. The van der Waals surface area contributed by atoms with Crippen LogP contribution in [-0.4, -0.2) is 466 Å². The van der Waals surface area contributed by atoms with E-state index < -0.39 is 225 Å². The van der Waals surface area contributed by atoms with Gasteiger partial charge in [-0.25, -0.2) is 23.2 Å². The van der Waals surface area contributed by atoms with Crippen LogP contribution in [0.15, 0.2) is 28.9 Å². The van der Waals surface area contributed by atoms with Gasteiger partial charge in [-0.15, -0.1) is 15.3 Å². The molecular weight excluding hydrogens is 1840 g/mol. The normalized spacial score (nSPS) is 29.4. The molecule has 0 radical (unpaired) electrons. The van der Waals surface area contributed by atoms with Crippen molar-refractivity contribution < 1.29 is 179 Å². The molecule has 770 valence electrons. The molecular formula is C77H135N19O37P2. The molecule has 5 fully saturated rings. The van der Waals surface area contributed by atoms with Crippen molar-refractivity contribution in [2.45, 2.75) is 252 Å². The van der Waals surface area contributed by atoms with Crippen molar-refractivity contribution >= 4 is 45.2 Å². The van der Waals surface area contributed by atoms with Crippen molar-refractivity contribution in [3.05, 3.63) is 35.7 Å². The van der Waals surface area contributed by atoms with Gasteiger partial charge in [-0.2, -0.15) is 5.11 Å². The summed E-state index contributed by atoms with van der Waals surface area (Å²) in [6, 6.07) is -5.99. The Bertz CT molecular complexity index is 4030. The zero-order valence-corrected chi connectivity index (χ0v) is 77.8. The minimum absolute atomic E-state index is 0.00350. The average Bonchev–Trinajstić information content (AvgIpc) is 1.40. The zero-order valence-electron chi connectivity index (χ0n) is 76.1. The number of phosphoric ester groups is 2. The van der Waals surface area contributed by atoms with Gasteiger partial charge in [0.05, 0.1) is 186 Å². The standard InChI is InChI=1S/C77H135N19O37P2/c1-46(101)79-62-57(32-50(41-97)66(105)70(62)109)124-28-24-119-20-16-95-39-53(85-89-95)35-92(36-54-40-96(90-86-54)17-23-122-27-31-127-77-65(82-49(4)104)73(112)69(108)60(44-100)132-77)55(74(113)78-12-8-6-7-9-18-128-135(116,117)133-56-11-19-123-61(56)45-129-134(114,115)118-5)10-13-91(33-51-37-93(87-83-51)14-21-120-25-29-125-75-63(80-47(2)102)71(110)67(106)58(42-98)130-75)34-52-38-94(88-84-52)15-22-121-26-30-126-76-64(81-48(3)103)72(111)68(107)59(43-99)131-76/h37,39-40,50,52,55-73,75-77,97-100,105-112H,6-36,38,41-45H2,1-5H3,(H,78,113)(H,79,101)(H,80,102)(H,81,103)(H,82,104)(H,114,115)(H,116,117)/t50-,52?,55+,56+,57-,58-,59-,60-,61-,62+,63-,64-,65-,66+,67+,68+,69+,70-,71-,72-,73-,75-,76-,77-/m1/s1. The first-order valence-electron chi connectivity index (χ1n) is 44.8. The summed E-state index contributed by atoms with van der Waals surface area (Å²) in [6.45, 7) is 3.79. The van der Waals surface area contributed by atoms with E-state index in [2.05, 4.69) is 72.4 Å². The molecule has 8 heterocycles. The third-order valence-electron chi connectivity index (χ3n) is 22.7. The molecule has 9 rings (SSSR count). The Balaban J connectivity index is 0.920. The van der Waals surface area contributed by atoms with Gasteiger partial charge >= 0.3 is 15.6 Å². The first-order valence-corrected chi connectivity index (χ1v) is 47.8. The van der Waals surface area contributed by atoms with Crippen LogP contribution in [0, 0.1) is 5.92 Å². The van der Waals surface area contributed by atoms with E-state index >= 15 is 4.79 Å². The van der Waals surface area contributed by atoms with Gasteiger partial charge < -0.3 is 154 Å². The predicted octanol–water partition coefficient (Wildman–Crippen LogP) is -8.92. The minimum atomic E-state index is -4.67. The fraction of sp³-hybridized carbons (Fsp3) is 0.857. The number of amides is 5. The molecule has 6 aliphatic rings. The van der Waals surface area contributed by atoms with Gasteiger partial charge in [0, 0.05) is 118 Å². The number of ether oxygens (including phenoxy) is 12. The van der Waals surface area contributed by atoms with E-state index in [9.17, 15) is 99.4 Å². The Kier molecular flexibility index (Phi) is 47.5. The Morgan fingerprint density at radius 1 is 0.504 bits per heavy atom. The molecule has 26 atom stereocenters. The molecule has 4 saturated heterocycles. The molecule has 3 unspecified atom stereocenters. The largest absolute Gasteiger partial charge is 0.472 e. The molecule has 0 bridgehead atoms. The number of carbonyl (C=O) groups is 5. The fourth-order valence-electron chi connectivity index (χ4n) is 15.8. The number of aliphatic hydroxyl groups excluding tert-OH is 12. The molecule has 3 aromatic heterocycles. The summed E-state index contributed by atoms with van der Waals surface area (Å²) < 4.78 is 119. The maximum atomic E-state index is 15.5. The Hall–Kier alpha value is -6.65. The number of nitrogens with zero attached hydrogens (tertiary/aromatic N) is 14. The zero-order chi connectivity index (χ0) is 97.7. The first-order chi connectivity index (χ1) is 64.7. The number of hydrogen-bond donors (Lipinski definition) is 19. The lowest BCUT2D eigenvalue weighted by molar-refractivity contribution is -0.272. The van der Waals surface area contributed by atoms with Crippen molar-refractivity contribution in [2.24, 2.45) is 16.3 Å². The van der Waals surface area contributed by atoms with Crippen LogP contribution in [0.2, 0.25) is 0 Å². The molecule has 135 heavy (non-hydrogen) atoms. The SMILES string of the molecule is COP(=O)(O)OC[C@H]1OCC[C@@H]1OP(=O)(O)OCCCCCCNC(=O)[C@H](CCN(Cc1cn(CCOCCO[C@@H]2O[C@H](CO)[C@H](O)[C@H](O)[C@H]2NC(C)=O)nn1)CC1CN(CCOCCO[C@@H]2O[C@H](CO)[C@H](O)[C@H](O)[C@H]2NC(C)=O)N=N1)N(Cc1cn(CCOCCO[C@@H]2O[C@H](CO)[C@H](O)[C@H](O)[C@H]2NC(C)=O)nn1)Cc1cn(CCOCCO[C@@H]2C[C@H](CO)[C@H](O)[C@H](O)[C@H]2NC(C)=O)nn1. The highest BCUT2D eigenvalue weighted by atomic mass is 31.2. The summed E-state index contributed by atoms with van der Waals surface area (Å²) in [6.07, 6.45) is -14.8. The second-order valence-electron chi connectivity index (χ2n) is 33.1. The van der Waals surface area contributed by atoms with Crippen LogP contribution in [0.4, 0.5) is 0 Å². The molecule has 5 aliphatic heterocycles. The third-order valence-corrected chi connectivity index (χ3v) is 24.7. The van der Waals surface area contributed by atoms with E-state index in [4.69, 9.17) is 70.4 Å². The van der Waals surface area contributed by atoms with Crippen molar-refractivity contribution in [1.29, 1.82) is 0 Å². The van der Waals surface area contributed by atoms with Gasteiger partial charge in [0.15, 0.2) is 18.9 Å². The lowest BCUT2D eigenvalue weighted by Crippen LogP contribution is -2.64. The number of unbranched alkanes of at least 4 members (excludes halogenated alkanes) is 3. The highest BCUT2D eigenvalue weighted by molar-refractivity contribution is 7.47. The van der Waals surface area contributed by atoms with Crippen LogP contribution < -0.4 is 26.6 Å². The van der Waals surface area contributed by atoms with Crippen LogP contribution in [0.1, 0.15) is 89.7 Å². The number of phosphoric acid groups is 2. The van der Waals surface area contributed by atoms with Gasteiger partial charge in [-0.1, -0.05) is 33.7 Å². The molecule has 1 saturated carbocycles. The Labute approximate surface area is 777 Å². The van der Waals surface area contributed by atoms with Crippen molar-refractivity contribution in [1.82, 2.24) is 86.4 Å². The van der Waals surface area contributed by atoms with Crippen molar-refractivity contribution in [3.63, 3.8) is 0 Å².